The predicted molar refractivity (Wildman–Crippen MR) is 77.4 cm³/mol. The molecule has 108 valence electrons. The second-order valence-electron chi connectivity index (χ2n) is 5.54. The summed E-state index contributed by atoms with van der Waals surface area (Å²) < 4.78 is 10.7. The van der Waals surface area contributed by atoms with Gasteiger partial charge in [0.1, 0.15) is 5.75 Å². The van der Waals surface area contributed by atoms with Crippen molar-refractivity contribution in [1.82, 2.24) is 0 Å². The van der Waals surface area contributed by atoms with Crippen LogP contribution in [0.25, 0.3) is 0 Å². The van der Waals surface area contributed by atoms with E-state index in [0.29, 0.717) is 18.9 Å². The van der Waals surface area contributed by atoms with Crippen molar-refractivity contribution in [3.8, 4) is 5.75 Å². The molecule has 2 saturated heterocycles. The Kier molecular flexibility index (Phi) is 3.81. The van der Waals surface area contributed by atoms with E-state index in [0.717, 1.165) is 25.3 Å². The molecule has 0 bridgehead atoms. The van der Waals surface area contributed by atoms with E-state index in [1.165, 1.54) is 24.1 Å². The lowest BCUT2D eigenvalue weighted by Gasteiger charge is -2.25. The molecule has 20 heavy (non-hydrogen) atoms. The van der Waals surface area contributed by atoms with Gasteiger partial charge in [0.05, 0.1) is 19.4 Å². The quantitative estimate of drug-likeness (QED) is 0.795. The predicted octanol–water partition coefficient (Wildman–Crippen LogP) is 2.72. The third kappa shape index (κ3) is 2.60. The van der Waals surface area contributed by atoms with Crippen molar-refractivity contribution >= 4 is 11.7 Å². The van der Waals surface area contributed by atoms with Gasteiger partial charge in [0.15, 0.2) is 0 Å². The van der Waals surface area contributed by atoms with E-state index < -0.39 is 0 Å². The van der Waals surface area contributed by atoms with Crippen molar-refractivity contribution in [2.24, 2.45) is 0 Å². The first-order valence-corrected chi connectivity index (χ1v) is 7.36. The average molecular weight is 275 g/mol. The summed E-state index contributed by atoms with van der Waals surface area (Å²) in [7, 11) is 1.72. The highest BCUT2D eigenvalue weighted by Crippen LogP contribution is 2.35. The molecule has 4 nitrogen and oxygen atoms in total. The van der Waals surface area contributed by atoms with E-state index in [2.05, 4.69) is 17.0 Å². The van der Waals surface area contributed by atoms with Gasteiger partial charge in [0, 0.05) is 25.4 Å². The molecule has 1 atom stereocenters. The zero-order chi connectivity index (χ0) is 13.9. The molecule has 2 heterocycles. The molecule has 0 saturated carbocycles. The molecule has 3 rings (SSSR count). The standard InChI is InChI=1S/C16H21NO3/c1-19-15-6-4-12(13-5-7-16(18)20-11-13)10-14(15)17-8-2-3-9-17/h4,6,10,13H,2-3,5,7-9,11H2,1H3/t13-/m1/s1. The average Bonchev–Trinajstić information content (AvgIpc) is 3.01. The lowest BCUT2D eigenvalue weighted by molar-refractivity contribution is -0.147. The molecule has 0 amide bonds. The molecule has 0 spiro atoms. The summed E-state index contributed by atoms with van der Waals surface area (Å²) in [6.07, 6.45) is 3.89. The van der Waals surface area contributed by atoms with Crippen LogP contribution in [0.5, 0.6) is 5.75 Å². The Bertz CT molecular complexity index is 484. The van der Waals surface area contributed by atoms with Crippen LogP contribution in [0.15, 0.2) is 18.2 Å². The van der Waals surface area contributed by atoms with Crippen LogP contribution in [0.3, 0.4) is 0 Å². The molecule has 2 aliphatic heterocycles. The fourth-order valence-electron chi connectivity index (χ4n) is 3.07. The Morgan fingerprint density at radius 2 is 2.10 bits per heavy atom. The topological polar surface area (TPSA) is 38.8 Å². The summed E-state index contributed by atoms with van der Waals surface area (Å²) in [6, 6.07) is 6.36. The molecule has 0 radical (unpaired) electrons. The first-order chi connectivity index (χ1) is 9.78. The largest absolute Gasteiger partial charge is 0.495 e. The van der Waals surface area contributed by atoms with E-state index in [1.807, 2.05) is 6.07 Å². The first-order valence-electron chi connectivity index (χ1n) is 7.36. The van der Waals surface area contributed by atoms with Crippen molar-refractivity contribution in [2.45, 2.75) is 31.6 Å². The number of ether oxygens (including phenoxy) is 2. The lowest BCUT2D eigenvalue weighted by atomic mass is 9.93. The summed E-state index contributed by atoms with van der Waals surface area (Å²) in [4.78, 5) is 13.6. The van der Waals surface area contributed by atoms with E-state index in [1.54, 1.807) is 7.11 Å². The Hall–Kier alpha value is -1.71. The number of hydrogen-bond acceptors (Lipinski definition) is 4. The van der Waals surface area contributed by atoms with Crippen LogP contribution in [0.4, 0.5) is 5.69 Å². The third-order valence-corrected chi connectivity index (χ3v) is 4.26. The normalized spacial score (nSPS) is 22.8. The minimum atomic E-state index is -0.0745. The molecular formula is C16H21NO3. The number of benzene rings is 1. The van der Waals surface area contributed by atoms with Gasteiger partial charge in [-0.1, -0.05) is 6.07 Å². The number of cyclic esters (lactones) is 1. The Labute approximate surface area is 119 Å². The van der Waals surface area contributed by atoms with Gasteiger partial charge < -0.3 is 14.4 Å². The van der Waals surface area contributed by atoms with Crippen LogP contribution in [-0.4, -0.2) is 32.8 Å². The smallest absolute Gasteiger partial charge is 0.305 e. The molecule has 0 aliphatic carbocycles. The molecule has 0 aromatic heterocycles. The van der Waals surface area contributed by atoms with Gasteiger partial charge in [0.2, 0.25) is 0 Å². The summed E-state index contributed by atoms with van der Waals surface area (Å²) in [5.41, 5.74) is 2.43. The highest BCUT2D eigenvalue weighted by Gasteiger charge is 2.24. The maximum atomic E-state index is 11.2. The van der Waals surface area contributed by atoms with Crippen molar-refractivity contribution in [2.75, 3.05) is 31.7 Å². The second kappa shape index (κ2) is 5.73. The van der Waals surface area contributed by atoms with Crippen LogP contribution in [-0.2, 0) is 9.53 Å². The maximum Gasteiger partial charge on any atom is 0.305 e. The summed E-state index contributed by atoms with van der Waals surface area (Å²) in [5.74, 6) is 1.18. The summed E-state index contributed by atoms with van der Waals surface area (Å²) in [5, 5.41) is 0. The molecular weight excluding hydrogens is 254 g/mol. The molecule has 4 heteroatoms. The van der Waals surface area contributed by atoms with E-state index in [9.17, 15) is 4.79 Å². The van der Waals surface area contributed by atoms with E-state index in [-0.39, 0.29) is 5.97 Å². The van der Waals surface area contributed by atoms with Gasteiger partial charge >= 0.3 is 5.97 Å². The first kappa shape index (κ1) is 13.3. The number of esters is 1. The molecule has 0 unspecified atom stereocenters. The second-order valence-corrected chi connectivity index (χ2v) is 5.54. The Balaban J connectivity index is 1.85. The fraction of sp³-hybridized carbons (Fsp3) is 0.562. The van der Waals surface area contributed by atoms with Crippen molar-refractivity contribution < 1.29 is 14.3 Å². The van der Waals surface area contributed by atoms with Gasteiger partial charge in [-0.25, -0.2) is 0 Å². The van der Waals surface area contributed by atoms with Gasteiger partial charge in [0.25, 0.3) is 0 Å². The van der Waals surface area contributed by atoms with Gasteiger partial charge in [-0.05, 0) is 37.0 Å². The number of carbonyl (C=O) groups excluding carboxylic acids is 1. The maximum absolute atomic E-state index is 11.2. The number of nitrogens with zero attached hydrogens (tertiary/aromatic N) is 1. The molecule has 0 N–H and O–H groups in total. The molecule has 2 fully saturated rings. The number of rotatable bonds is 3. The highest BCUT2D eigenvalue weighted by atomic mass is 16.5. The van der Waals surface area contributed by atoms with Gasteiger partial charge in [-0.3, -0.25) is 4.79 Å². The van der Waals surface area contributed by atoms with Crippen LogP contribution >= 0.6 is 0 Å². The third-order valence-electron chi connectivity index (χ3n) is 4.26. The molecule has 1 aromatic carbocycles. The van der Waals surface area contributed by atoms with Crippen LogP contribution in [0, 0.1) is 0 Å². The Morgan fingerprint density at radius 3 is 2.75 bits per heavy atom. The van der Waals surface area contributed by atoms with E-state index >= 15 is 0 Å². The van der Waals surface area contributed by atoms with Crippen LogP contribution in [0.1, 0.15) is 37.2 Å². The zero-order valence-electron chi connectivity index (χ0n) is 11.9. The number of hydrogen-bond donors (Lipinski definition) is 0. The van der Waals surface area contributed by atoms with Crippen molar-refractivity contribution in [3.63, 3.8) is 0 Å². The van der Waals surface area contributed by atoms with Gasteiger partial charge in [-0.2, -0.15) is 0 Å². The highest BCUT2D eigenvalue weighted by molar-refractivity contribution is 5.70. The molecule has 2 aliphatic rings. The monoisotopic (exact) mass is 275 g/mol. The minimum absolute atomic E-state index is 0.0745. The number of carbonyl (C=O) groups is 1. The van der Waals surface area contributed by atoms with E-state index in [4.69, 9.17) is 9.47 Å². The zero-order valence-corrected chi connectivity index (χ0v) is 11.9. The van der Waals surface area contributed by atoms with Crippen molar-refractivity contribution in [3.05, 3.63) is 23.8 Å². The van der Waals surface area contributed by atoms with Crippen LogP contribution < -0.4 is 9.64 Å². The summed E-state index contributed by atoms with van der Waals surface area (Å²) in [6.45, 7) is 2.70. The van der Waals surface area contributed by atoms with Gasteiger partial charge in [-0.15, -0.1) is 0 Å². The fourth-order valence-corrected chi connectivity index (χ4v) is 3.07. The van der Waals surface area contributed by atoms with Crippen LogP contribution in [0.2, 0.25) is 0 Å². The lowest BCUT2D eigenvalue weighted by Crippen LogP contribution is -2.22. The Morgan fingerprint density at radius 1 is 1.30 bits per heavy atom. The number of anilines is 1. The summed E-state index contributed by atoms with van der Waals surface area (Å²) >= 11 is 0. The minimum Gasteiger partial charge on any atom is -0.495 e. The SMILES string of the molecule is COc1ccc([C@@H]2CCC(=O)OC2)cc1N1CCCC1. The number of methoxy groups -OCH3 is 1. The van der Waals surface area contributed by atoms with Crippen molar-refractivity contribution in [1.29, 1.82) is 0 Å². The molecule has 1 aromatic rings.